The van der Waals surface area contributed by atoms with Gasteiger partial charge in [-0.15, -0.1) is 0 Å². The van der Waals surface area contributed by atoms with Gasteiger partial charge in [-0.3, -0.25) is 19.6 Å². The number of likely N-dealkylation sites (N-methyl/N-ethyl adjacent to an activating group) is 1. The molecule has 0 aromatic carbocycles. The Kier molecular flexibility index (Phi) is 7.93. The molecule has 3 saturated heterocycles. The summed E-state index contributed by atoms with van der Waals surface area (Å²) in [6, 6.07) is 0.687. The second kappa shape index (κ2) is 10.4. The van der Waals surface area contributed by atoms with Crippen molar-refractivity contribution in [2.75, 3.05) is 80.2 Å². The zero-order valence-electron chi connectivity index (χ0n) is 17.9. The fourth-order valence-corrected chi connectivity index (χ4v) is 4.66. The highest BCUT2D eigenvalue weighted by Gasteiger charge is 2.32. The van der Waals surface area contributed by atoms with Crippen molar-refractivity contribution in [2.45, 2.75) is 37.8 Å². The van der Waals surface area contributed by atoms with Crippen molar-refractivity contribution in [3.05, 3.63) is 0 Å². The number of amides is 1. The summed E-state index contributed by atoms with van der Waals surface area (Å²) in [5.41, 5.74) is 0. The van der Waals surface area contributed by atoms with Crippen molar-refractivity contribution in [3.8, 4) is 0 Å². The molecule has 1 N–H and O–H groups in total. The topological polar surface area (TPSA) is 63.7 Å². The van der Waals surface area contributed by atoms with Crippen LogP contribution in [0.25, 0.3) is 0 Å². The van der Waals surface area contributed by atoms with E-state index in [1.165, 1.54) is 6.42 Å². The Bertz CT molecular complexity index is 535. The summed E-state index contributed by atoms with van der Waals surface area (Å²) in [4.78, 5) is 25.8. The molecule has 3 heterocycles. The summed E-state index contributed by atoms with van der Waals surface area (Å²) in [5.74, 6) is 1.26. The minimum Gasteiger partial charge on any atom is -0.379 e. The van der Waals surface area contributed by atoms with Gasteiger partial charge in [-0.05, 0) is 32.2 Å². The molecule has 3 aliphatic rings. The van der Waals surface area contributed by atoms with Crippen molar-refractivity contribution in [1.82, 2.24) is 24.9 Å². The second-order valence-corrected chi connectivity index (χ2v) is 8.29. The average molecular weight is 395 g/mol. The first-order valence-corrected chi connectivity index (χ1v) is 10.8. The SMILES string of the molecule is CN=C(NCCCN1CCCC1C(=O)N(C)C)N1CCC(N2CCOCC2)C1. The quantitative estimate of drug-likeness (QED) is 0.386. The molecule has 0 spiro atoms. The number of nitrogens with one attached hydrogen (secondary N) is 1. The maximum atomic E-state index is 12.3. The highest BCUT2D eigenvalue weighted by Crippen LogP contribution is 2.19. The second-order valence-electron chi connectivity index (χ2n) is 8.29. The highest BCUT2D eigenvalue weighted by molar-refractivity contribution is 5.81. The van der Waals surface area contributed by atoms with E-state index in [2.05, 4.69) is 25.0 Å². The third kappa shape index (κ3) is 5.36. The molecule has 0 radical (unpaired) electrons. The third-order valence-electron chi connectivity index (χ3n) is 6.23. The van der Waals surface area contributed by atoms with Gasteiger partial charge < -0.3 is 19.9 Å². The molecule has 160 valence electrons. The fourth-order valence-electron chi connectivity index (χ4n) is 4.66. The summed E-state index contributed by atoms with van der Waals surface area (Å²) in [7, 11) is 5.58. The summed E-state index contributed by atoms with van der Waals surface area (Å²) >= 11 is 0. The molecule has 3 aliphatic heterocycles. The Hall–Kier alpha value is -1.38. The minimum atomic E-state index is 0.0715. The Morgan fingerprint density at radius 2 is 1.96 bits per heavy atom. The zero-order valence-corrected chi connectivity index (χ0v) is 17.9. The number of carbonyl (C=O) groups excluding carboxylic acids is 1. The molecule has 1 amide bonds. The van der Waals surface area contributed by atoms with E-state index in [0.29, 0.717) is 6.04 Å². The molecule has 8 heteroatoms. The molecule has 3 fully saturated rings. The van der Waals surface area contributed by atoms with Gasteiger partial charge in [-0.1, -0.05) is 0 Å². The molecule has 2 unspecified atom stereocenters. The molecule has 2 atom stereocenters. The van der Waals surface area contributed by atoms with Crippen LogP contribution in [0.1, 0.15) is 25.7 Å². The monoisotopic (exact) mass is 394 g/mol. The highest BCUT2D eigenvalue weighted by atomic mass is 16.5. The van der Waals surface area contributed by atoms with Gasteiger partial charge in [0.1, 0.15) is 0 Å². The van der Waals surface area contributed by atoms with Crippen LogP contribution in [0, 0.1) is 0 Å². The number of hydrogen-bond donors (Lipinski definition) is 1. The van der Waals surface area contributed by atoms with Crippen LogP contribution in [0.2, 0.25) is 0 Å². The van der Waals surface area contributed by atoms with E-state index in [0.717, 1.165) is 84.2 Å². The van der Waals surface area contributed by atoms with Crippen LogP contribution in [0.3, 0.4) is 0 Å². The summed E-state index contributed by atoms with van der Waals surface area (Å²) in [6.45, 7) is 8.81. The van der Waals surface area contributed by atoms with Gasteiger partial charge in [0, 0.05) is 66.5 Å². The van der Waals surface area contributed by atoms with Crippen molar-refractivity contribution >= 4 is 11.9 Å². The van der Waals surface area contributed by atoms with E-state index in [1.807, 2.05) is 21.1 Å². The number of aliphatic imine (C=N–C) groups is 1. The number of hydrogen-bond acceptors (Lipinski definition) is 5. The molecule has 0 aliphatic carbocycles. The lowest BCUT2D eigenvalue weighted by molar-refractivity contribution is -0.133. The van der Waals surface area contributed by atoms with Gasteiger partial charge in [0.25, 0.3) is 0 Å². The van der Waals surface area contributed by atoms with Gasteiger partial charge in [0.2, 0.25) is 5.91 Å². The van der Waals surface area contributed by atoms with Gasteiger partial charge in [0.05, 0.1) is 19.3 Å². The molecule has 8 nitrogen and oxygen atoms in total. The van der Waals surface area contributed by atoms with Crippen molar-refractivity contribution < 1.29 is 9.53 Å². The number of rotatable bonds is 6. The first-order valence-electron chi connectivity index (χ1n) is 10.8. The lowest BCUT2D eigenvalue weighted by atomic mass is 10.2. The summed E-state index contributed by atoms with van der Waals surface area (Å²) < 4.78 is 5.48. The lowest BCUT2D eigenvalue weighted by Crippen LogP contribution is -2.47. The number of morpholine rings is 1. The number of likely N-dealkylation sites (tertiary alicyclic amines) is 2. The molecule has 0 bridgehead atoms. The molecule has 3 rings (SSSR count). The molecule has 0 aromatic rings. The van der Waals surface area contributed by atoms with Gasteiger partial charge in [-0.2, -0.15) is 0 Å². The van der Waals surface area contributed by atoms with Crippen LogP contribution in [0.5, 0.6) is 0 Å². The van der Waals surface area contributed by atoms with E-state index in [4.69, 9.17) is 4.74 Å². The van der Waals surface area contributed by atoms with Crippen molar-refractivity contribution in [2.24, 2.45) is 4.99 Å². The van der Waals surface area contributed by atoms with E-state index in [9.17, 15) is 4.79 Å². The maximum Gasteiger partial charge on any atom is 0.239 e. The summed E-state index contributed by atoms with van der Waals surface area (Å²) in [5, 5.41) is 3.54. The first kappa shape index (κ1) is 21.3. The normalized spacial score (nSPS) is 27.4. The largest absolute Gasteiger partial charge is 0.379 e. The standard InChI is InChI=1S/C20H38N6O2/c1-21-20(26-11-7-17(16-26)24-12-14-28-15-13-24)22-8-5-10-25-9-4-6-18(25)19(27)23(2)3/h17-18H,4-16H2,1-3H3,(H,21,22). The Labute approximate surface area is 169 Å². The van der Waals surface area contributed by atoms with E-state index in [1.54, 1.807) is 4.90 Å². The Morgan fingerprint density at radius 1 is 1.18 bits per heavy atom. The van der Waals surface area contributed by atoms with Crippen LogP contribution >= 0.6 is 0 Å². The van der Waals surface area contributed by atoms with Crippen LogP contribution in [-0.2, 0) is 9.53 Å². The predicted octanol–water partition coefficient (Wildman–Crippen LogP) is -0.0890. The number of nitrogens with zero attached hydrogens (tertiary/aromatic N) is 5. The van der Waals surface area contributed by atoms with E-state index < -0.39 is 0 Å². The van der Waals surface area contributed by atoms with Crippen LogP contribution < -0.4 is 5.32 Å². The van der Waals surface area contributed by atoms with Gasteiger partial charge in [0.15, 0.2) is 5.96 Å². The molecule has 28 heavy (non-hydrogen) atoms. The van der Waals surface area contributed by atoms with E-state index in [-0.39, 0.29) is 11.9 Å². The van der Waals surface area contributed by atoms with Gasteiger partial charge >= 0.3 is 0 Å². The van der Waals surface area contributed by atoms with E-state index >= 15 is 0 Å². The molecule has 0 saturated carbocycles. The van der Waals surface area contributed by atoms with Crippen molar-refractivity contribution in [1.29, 1.82) is 0 Å². The van der Waals surface area contributed by atoms with Crippen molar-refractivity contribution in [3.63, 3.8) is 0 Å². The molecule has 0 aromatic heterocycles. The summed E-state index contributed by atoms with van der Waals surface area (Å²) in [6.07, 6.45) is 4.33. The number of carbonyl (C=O) groups is 1. The first-order chi connectivity index (χ1) is 13.6. The molecular weight excluding hydrogens is 356 g/mol. The zero-order chi connectivity index (χ0) is 19.9. The Morgan fingerprint density at radius 3 is 2.68 bits per heavy atom. The third-order valence-corrected chi connectivity index (χ3v) is 6.23. The van der Waals surface area contributed by atoms with Crippen LogP contribution in [0.4, 0.5) is 0 Å². The van der Waals surface area contributed by atoms with Crippen LogP contribution in [0.15, 0.2) is 4.99 Å². The smallest absolute Gasteiger partial charge is 0.239 e. The maximum absolute atomic E-state index is 12.3. The minimum absolute atomic E-state index is 0.0715. The predicted molar refractivity (Wildman–Crippen MR) is 112 cm³/mol. The van der Waals surface area contributed by atoms with Crippen LogP contribution in [-0.4, -0.2) is 124 Å². The number of guanidine groups is 1. The lowest BCUT2D eigenvalue weighted by Gasteiger charge is -2.32. The van der Waals surface area contributed by atoms with Gasteiger partial charge in [-0.25, -0.2) is 0 Å². The Balaban J connectivity index is 1.38. The number of ether oxygens (including phenoxy) is 1. The fraction of sp³-hybridized carbons (Fsp3) is 0.900. The molecular formula is C20H38N6O2. The average Bonchev–Trinajstić information content (AvgIpc) is 3.38.